The molecular weight excluding hydrogens is 329 g/mol. The second-order valence-corrected chi connectivity index (χ2v) is 6.76. The lowest BCUT2D eigenvalue weighted by molar-refractivity contribution is 0.553. The van der Waals surface area contributed by atoms with Gasteiger partial charge < -0.3 is 0 Å². The zero-order valence-electron chi connectivity index (χ0n) is 14.5. The van der Waals surface area contributed by atoms with Gasteiger partial charge in [0.1, 0.15) is 5.83 Å². The van der Waals surface area contributed by atoms with E-state index in [-0.39, 0.29) is 11.7 Å². The van der Waals surface area contributed by atoms with Crippen LogP contribution in [0.15, 0.2) is 36.3 Å². The molecule has 26 heavy (non-hydrogen) atoms. The standard InChI is InChI=1S/C20H20FN5/c21-17-8-2-1-6-15(17)19-13-14-5-3-7-16(20(14)24-23-19)18-9-12-26(25-18)11-4-10-22/h1,6,9,12-13,16H,2-5,7-8,11H2. The first-order valence-corrected chi connectivity index (χ1v) is 9.08. The SMILES string of the molecule is N#CCCn1ccc(C2CCCc3cc(C4=C(F)CCC=C4)nnc32)n1. The van der Waals surface area contributed by atoms with Crippen LogP contribution in [0.3, 0.4) is 0 Å². The number of hydrogen-bond donors (Lipinski definition) is 0. The minimum absolute atomic E-state index is 0.106. The normalized spacial score (nSPS) is 19.3. The van der Waals surface area contributed by atoms with Crippen molar-refractivity contribution in [1.82, 2.24) is 20.0 Å². The minimum atomic E-state index is -0.106. The van der Waals surface area contributed by atoms with Crippen molar-refractivity contribution < 1.29 is 4.39 Å². The molecule has 1 atom stereocenters. The second-order valence-electron chi connectivity index (χ2n) is 6.76. The number of hydrogen-bond acceptors (Lipinski definition) is 4. The van der Waals surface area contributed by atoms with Crippen LogP contribution < -0.4 is 0 Å². The van der Waals surface area contributed by atoms with Gasteiger partial charge in [0.05, 0.1) is 36.1 Å². The molecule has 5 nitrogen and oxygen atoms in total. The molecule has 4 rings (SSSR count). The number of nitrogens with zero attached hydrogens (tertiary/aromatic N) is 5. The van der Waals surface area contributed by atoms with Crippen molar-refractivity contribution in [3.8, 4) is 6.07 Å². The summed E-state index contributed by atoms with van der Waals surface area (Å²) in [6.07, 6.45) is 10.3. The van der Waals surface area contributed by atoms with Crippen molar-refractivity contribution in [2.45, 2.75) is 51.0 Å². The largest absolute Gasteiger partial charge is 0.271 e. The smallest absolute Gasteiger partial charge is 0.110 e. The Morgan fingerprint density at radius 3 is 3.08 bits per heavy atom. The number of halogens is 1. The van der Waals surface area contributed by atoms with Crippen molar-refractivity contribution in [3.63, 3.8) is 0 Å². The Bertz CT molecular complexity index is 919. The Morgan fingerprint density at radius 2 is 2.23 bits per heavy atom. The predicted octanol–water partition coefficient (Wildman–Crippen LogP) is 4.09. The number of aryl methyl sites for hydroxylation is 2. The molecule has 2 aromatic rings. The third kappa shape index (κ3) is 3.17. The van der Waals surface area contributed by atoms with Crippen LogP contribution in [0.5, 0.6) is 0 Å². The molecule has 0 amide bonds. The number of fused-ring (bicyclic) bond motifs is 1. The molecule has 1 unspecified atom stereocenters. The topological polar surface area (TPSA) is 67.4 Å². The monoisotopic (exact) mass is 349 g/mol. The molecule has 0 spiro atoms. The molecule has 0 fully saturated rings. The lowest BCUT2D eigenvalue weighted by Gasteiger charge is -2.23. The van der Waals surface area contributed by atoms with Gasteiger partial charge >= 0.3 is 0 Å². The van der Waals surface area contributed by atoms with E-state index in [9.17, 15) is 4.39 Å². The van der Waals surface area contributed by atoms with Gasteiger partial charge in [0.25, 0.3) is 0 Å². The van der Waals surface area contributed by atoms with Gasteiger partial charge in [-0.1, -0.05) is 12.2 Å². The highest BCUT2D eigenvalue weighted by Crippen LogP contribution is 2.36. The van der Waals surface area contributed by atoms with E-state index in [1.807, 2.05) is 35.2 Å². The third-order valence-electron chi connectivity index (χ3n) is 5.03. The summed E-state index contributed by atoms with van der Waals surface area (Å²) >= 11 is 0. The maximum Gasteiger partial charge on any atom is 0.110 e. The number of allylic oxidation sites excluding steroid dienone is 4. The number of nitriles is 1. The van der Waals surface area contributed by atoms with Crippen molar-refractivity contribution in [1.29, 1.82) is 5.26 Å². The van der Waals surface area contributed by atoms with Crippen LogP contribution in [-0.4, -0.2) is 20.0 Å². The highest BCUT2D eigenvalue weighted by atomic mass is 19.1. The first-order chi connectivity index (χ1) is 12.8. The van der Waals surface area contributed by atoms with E-state index in [0.29, 0.717) is 30.7 Å². The van der Waals surface area contributed by atoms with Crippen LogP contribution in [0, 0.1) is 11.3 Å². The zero-order valence-corrected chi connectivity index (χ0v) is 14.5. The van der Waals surface area contributed by atoms with Gasteiger partial charge in [-0.15, -0.1) is 0 Å². The molecule has 0 aromatic carbocycles. The van der Waals surface area contributed by atoms with Crippen LogP contribution in [-0.2, 0) is 13.0 Å². The fraction of sp³-hybridized carbons (Fsp3) is 0.400. The Kier molecular flexibility index (Phi) is 4.61. The first kappa shape index (κ1) is 16.6. The molecule has 0 saturated heterocycles. The maximum atomic E-state index is 14.1. The molecular formula is C20H20FN5. The van der Waals surface area contributed by atoms with E-state index in [1.54, 1.807) is 0 Å². The fourth-order valence-electron chi connectivity index (χ4n) is 3.70. The lowest BCUT2D eigenvalue weighted by Crippen LogP contribution is -2.16. The minimum Gasteiger partial charge on any atom is -0.271 e. The van der Waals surface area contributed by atoms with Crippen LogP contribution in [0.25, 0.3) is 5.57 Å². The van der Waals surface area contributed by atoms with E-state index in [4.69, 9.17) is 5.26 Å². The lowest BCUT2D eigenvalue weighted by atomic mass is 9.84. The summed E-state index contributed by atoms with van der Waals surface area (Å²) in [6, 6.07) is 6.13. The average molecular weight is 349 g/mol. The van der Waals surface area contributed by atoms with E-state index >= 15 is 0 Å². The van der Waals surface area contributed by atoms with E-state index in [1.165, 1.54) is 0 Å². The zero-order chi connectivity index (χ0) is 17.9. The van der Waals surface area contributed by atoms with E-state index < -0.39 is 0 Å². The van der Waals surface area contributed by atoms with Gasteiger partial charge in [0, 0.05) is 24.1 Å². The summed E-state index contributed by atoms with van der Waals surface area (Å²) in [6.45, 7) is 0.598. The summed E-state index contributed by atoms with van der Waals surface area (Å²) in [5.41, 5.74) is 4.24. The van der Waals surface area contributed by atoms with E-state index in [0.717, 1.165) is 42.6 Å². The average Bonchev–Trinajstić information content (AvgIpc) is 3.14. The maximum absolute atomic E-state index is 14.1. The molecule has 0 radical (unpaired) electrons. The molecule has 0 aliphatic heterocycles. The Balaban J connectivity index is 1.64. The van der Waals surface area contributed by atoms with Crippen molar-refractivity contribution in [3.05, 3.63) is 59.0 Å². The summed E-state index contributed by atoms with van der Waals surface area (Å²) < 4.78 is 15.9. The van der Waals surface area contributed by atoms with Crippen LogP contribution in [0.4, 0.5) is 4.39 Å². The van der Waals surface area contributed by atoms with E-state index in [2.05, 4.69) is 21.4 Å². The molecule has 2 aliphatic carbocycles. The van der Waals surface area contributed by atoms with Crippen LogP contribution >= 0.6 is 0 Å². The van der Waals surface area contributed by atoms with Gasteiger partial charge in [0.15, 0.2) is 0 Å². The fourth-order valence-corrected chi connectivity index (χ4v) is 3.70. The quantitative estimate of drug-likeness (QED) is 0.834. The van der Waals surface area contributed by atoms with Crippen molar-refractivity contribution >= 4 is 5.57 Å². The summed E-state index contributed by atoms with van der Waals surface area (Å²) in [4.78, 5) is 0. The molecule has 2 aliphatic rings. The molecule has 6 heteroatoms. The molecule has 0 saturated carbocycles. The molecule has 132 valence electrons. The van der Waals surface area contributed by atoms with Gasteiger partial charge in [-0.05, 0) is 43.4 Å². The predicted molar refractivity (Wildman–Crippen MR) is 95.7 cm³/mol. The Labute approximate surface area is 151 Å². The molecule has 2 aromatic heterocycles. The first-order valence-electron chi connectivity index (χ1n) is 9.08. The van der Waals surface area contributed by atoms with Gasteiger partial charge in [-0.3, -0.25) is 4.68 Å². The second kappa shape index (κ2) is 7.20. The van der Waals surface area contributed by atoms with Crippen LogP contribution in [0.2, 0.25) is 0 Å². The highest BCUT2D eigenvalue weighted by molar-refractivity contribution is 5.74. The van der Waals surface area contributed by atoms with Gasteiger partial charge in [-0.25, -0.2) is 4.39 Å². The third-order valence-corrected chi connectivity index (χ3v) is 5.03. The Hall–Kier alpha value is -2.81. The summed E-state index contributed by atoms with van der Waals surface area (Å²) in [7, 11) is 0. The van der Waals surface area contributed by atoms with Crippen LogP contribution in [0.1, 0.15) is 60.7 Å². The highest BCUT2D eigenvalue weighted by Gasteiger charge is 2.27. The number of rotatable bonds is 4. The summed E-state index contributed by atoms with van der Waals surface area (Å²) in [5.74, 6) is 0.00899. The van der Waals surface area contributed by atoms with Crippen molar-refractivity contribution in [2.24, 2.45) is 0 Å². The van der Waals surface area contributed by atoms with Gasteiger partial charge in [-0.2, -0.15) is 20.6 Å². The van der Waals surface area contributed by atoms with Gasteiger partial charge in [0.2, 0.25) is 0 Å². The Morgan fingerprint density at radius 1 is 1.31 bits per heavy atom. The summed E-state index contributed by atoms with van der Waals surface area (Å²) in [5, 5.41) is 22.1. The molecule has 0 bridgehead atoms. The molecule has 0 N–H and O–H groups in total. The molecule has 2 heterocycles. The van der Waals surface area contributed by atoms with Crippen molar-refractivity contribution in [2.75, 3.05) is 0 Å². The number of aromatic nitrogens is 4.